The summed E-state index contributed by atoms with van der Waals surface area (Å²) >= 11 is 8.77. The van der Waals surface area contributed by atoms with E-state index in [1.807, 2.05) is 44.3 Å². The Kier molecular flexibility index (Phi) is 4.32. The van der Waals surface area contributed by atoms with Gasteiger partial charge in [0, 0.05) is 12.7 Å². The smallest absolute Gasteiger partial charge is 0.281 e. The van der Waals surface area contributed by atoms with E-state index in [1.54, 1.807) is 10.8 Å². The third-order valence-electron chi connectivity index (χ3n) is 3.49. The zero-order chi connectivity index (χ0) is 16.6. The molecule has 0 aliphatic carbocycles. The summed E-state index contributed by atoms with van der Waals surface area (Å²) in [5.74, 6) is -0.182. The number of anilines is 1. The summed E-state index contributed by atoms with van der Waals surface area (Å²) in [5, 5.41) is 7.75. The average Bonchev–Trinajstić information content (AvgIpc) is 3.00. The number of thiocarbonyl (C=S) groups is 1. The molecule has 1 saturated heterocycles. The molecule has 1 aromatic heterocycles. The van der Waals surface area contributed by atoms with Gasteiger partial charge >= 0.3 is 0 Å². The molecule has 1 fully saturated rings. The number of carbonyl (C=O) groups is 1. The lowest BCUT2D eigenvalue weighted by Gasteiger charge is -2.14. The normalized spacial score (nSPS) is 16.3. The molecule has 1 aromatic carbocycles. The van der Waals surface area contributed by atoms with Crippen LogP contribution in [0.3, 0.4) is 0 Å². The molecule has 1 N–H and O–H groups in total. The fraction of sp³-hybridized carbons (Fsp3) is 0.188. The molecule has 0 saturated carbocycles. The number of aryl methyl sites for hydroxylation is 2. The Labute approximate surface area is 148 Å². The summed E-state index contributed by atoms with van der Waals surface area (Å²) in [5.41, 5.74) is 2.93. The van der Waals surface area contributed by atoms with Crippen LogP contribution in [-0.4, -0.2) is 20.8 Å². The molecule has 118 valence electrons. The van der Waals surface area contributed by atoms with Crippen molar-refractivity contribution in [1.82, 2.24) is 15.1 Å². The zero-order valence-corrected chi connectivity index (χ0v) is 15.1. The number of benzene rings is 1. The van der Waals surface area contributed by atoms with Gasteiger partial charge in [-0.05, 0) is 65.8 Å². The lowest BCUT2D eigenvalue weighted by atomic mass is 10.2. The molecule has 0 bridgehead atoms. The second-order valence-corrected chi connectivity index (χ2v) is 6.43. The van der Waals surface area contributed by atoms with Crippen molar-refractivity contribution >= 4 is 50.9 Å². The lowest BCUT2D eigenvalue weighted by Crippen LogP contribution is -2.30. The van der Waals surface area contributed by atoms with Crippen molar-refractivity contribution < 1.29 is 4.79 Å². The number of nitrogens with zero attached hydrogens (tertiary/aromatic N) is 3. The van der Waals surface area contributed by atoms with E-state index in [0.29, 0.717) is 16.5 Å². The minimum absolute atomic E-state index is 0.182. The number of hydrogen-bond acceptors (Lipinski definition) is 3. The molecule has 0 atom stereocenters. The first-order valence-corrected chi connectivity index (χ1v) is 8.36. The highest BCUT2D eigenvalue weighted by molar-refractivity contribution is 9.10. The summed E-state index contributed by atoms with van der Waals surface area (Å²) in [4.78, 5) is 14.2. The Morgan fingerprint density at radius 3 is 2.87 bits per heavy atom. The fourth-order valence-electron chi connectivity index (χ4n) is 2.35. The minimum atomic E-state index is -0.182. The summed E-state index contributed by atoms with van der Waals surface area (Å²) in [6.45, 7) is 4.74. The van der Waals surface area contributed by atoms with Crippen molar-refractivity contribution in [2.24, 2.45) is 0 Å². The quantitative estimate of drug-likeness (QED) is 0.645. The van der Waals surface area contributed by atoms with Crippen LogP contribution in [0.5, 0.6) is 0 Å². The first-order valence-electron chi connectivity index (χ1n) is 7.16. The van der Waals surface area contributed by atoms with Gasteiger partial charge in [-0.3, -0.25) is 14.4 Å². The molecular weight excluding hydrogens is 376 g/mol. The summed E-state index contributed by atoms with van der Waals surface area (Å²) in [6, 6.07) is 7.67. The third kappa shape index (κ3) is 3.07. The SMILES string of the molecule is CCn1cc(Br)c(/C=C2/NC(=S)N(c3cccc(C)c3)C2=O)n1. The van der Waals surface area contributed by atoms with Crippen LogP contribution < -0.4 is 10.2 Å². The number of hydrogen-bond donors (Lipinski definition) is 1. The number of nitrogens with one attached hydrogen (secondary N) is 1. The number of rotatable bonds is 3. The molecule has 2 aromatic rings. The van der Waals surface area contributed by atoms with E-state index in [0.717, 1.165) is 22.3 Å². The molecule has 3 rings (SSSR count). The molecule has 1 amide bonds. The molecule has 2 heterocycles. The van der Waals surface area contributed by atoms with Gasteiger partial charge in [-0.2, -0.15) is 5.10 Å². The van der Waals surface area contributed by atoms with Crippen molar-refractivity contribution in [2.75, 3.05) is 4.90 Å². The predicted octanol–water partition coefficient (Wildman–Crippen LogP) is 3.24. The van der Waals surface area contributed by atoms with Crippen LogP contribution in [0.25, 0.3) is 6.08 Å². The largest absolute Gasteiger partial charge is 0.327 e. The monoisotopic (exact) mass is 390 g/mol. The van der Waals surface area contributed by atoms with Gasteiger partial charge in [0.25, 0.3) is 5.91 Å². The highest BCUT2D eigenvalue weighted by atomic mass is 79.9. The van der Waals surface area contributed by atoms with Gasteiger partial charge in [-0.25, -0.2) is 0 Å². The van der Waals surface area contributed by atoms with Gasteiger partial charge in [0.1, 0.15) is 11.4 Å². The number of halogens is 1. The van der Waals surface area contributed by atoms with Crippen molar-refractivity contribution in [3.05, 3.63) is 51.9 Å². The molecule has 0 spiro atoms. The van der Waals surface area contributed by atoms with Crippen molar-refractivity contribution in [3.63, 3.8) is 0 Å². The van der Waals surface area contributed by atoms with Gasteiger partial charge in [-0.15, -0.1) is 0 Å². The molecular formula is C16H15BrN4OS. The van der Waals surface area contributed by atoms with Crippen LogP contribution >= 0.6 is 28.1 Å². The van der Waals surface area contributed by atoms with Crippen LogP contribution in [-0.2, 0) is 11.3 Å². The van der Waals surface area contributed by atoms with Gasteiger partial charge in [0.05, 0.1) is 10.2 Å². The fourth-order valence-corrected chi connectivity index (χ4v) is 3.07. The van der Waals surface area contributed by atoms with Gasteiger partial charge in [-0.1, -0.05) is 12.1 Å². The van der Waals surface area contributed by atoms with Crippen LogP contribution in [0.4, 0.5) is 5.69 Å². The second-order valence-electron chi connectivity index (χ2n) is 5.19. The van der Waals surface area contributed by atoms with Crippen molar-refractivity contribution in [3.8, 4) is 0 Å². The predicted molar refractivity (Wildman–Crippen MR) is 98.0 cm³/mol. The van der Waals surface area contributed by atoms with E-state index in [1.165, 1.54) is 4.90 Å². The Morgan fingerprint density at radius 1 is 1.43 bits per heavy atom. The Balaban J connectivity index is 1.94. The van der Waals surface area contributed by atoms with Crippen LogP contribution in [0.2, 0.25) is 0 Å². The Morgan fingerprint density at radius 2 is 2.22 bits per heavy atom. The molecule has 1 aliphatic heterocycles. The van der Waals surface area contributed by atoms with Gasteiger partial charge in [0.2, 0.25) is 0 Å². The lowest BCUT2D eigenvalue weighted by molar-refractivity contribution is -0.113. The van der Waals surface area contributed by atoms with E-state index in [9.17, 15) is 4.79 Å². The molecule has 5 nitrogen and oxygen atoms in total. The van der Waals surface area contributed by atoms with Crippen molar-refractivity contribution in [1.29, 1.82) is 0 Å². The Bertz CT molecular complexity index is 827. The number of carbonyl (C=O) groups excluding carboxylic acids is 1. The molecule has 7 heteroatoms. The maximum Gasteiger partial charge on any atom is 0.281 e. The summed E-state index contributed by atoms with van der Waals surface area (Å²) in [7, 11) is 0. The van der Waals surface area contributed by atoms with Crippen molar-refractivity contribution in [2.45, 2.75) is 20.4 Å². The van der Waals surface area contributed by atoms with E-state index < -0.39 is 0 Å². The minimum Gasteiger partial charge on any atom is -0.327 e. The molecule has 0 unspecified atom stereocenters. The maximum atomic E-state index is 12.7. The first-order chi connectivity index (χ1) is 11.0. The first kappa shape index (κ1) is 15.9. The highest BCUT2D eigenvalue weighted by Gasteiger charge is 2.32. The zero-order valence-electron chi connectivity index (χ0n) is 12.7. The molecule has 0 radical (unpaired) electrons. The number of aromatic nitrogens is 2. The van der Waals surface area contributed by atoms with Crippen LogP contribution in [0.1, 0.15) is 18.2 Å². The molecule has 1 aliphatic rings. The van der Waals surface area contributed by atoms with E-state index in [4.69, 9.17) is 12.2 Å². The second kappa shape index (κ2) is 6.25. The van der Waals surface area contributed by atoms with Gasteiger partial charge < -0.3 is 5.32 Å². The van der Waals surface area contributed by atoms with Gasteiger partial charge in [0.15, 0.2) is 5.11 Å². The van der Waals surface area contributed by atoms with E-state index >= 15 is 0 Å². The maximum absolute atomic E-state index is 12.7. The topological polar surface area (TPSA) is 50.2 Å². The van der Waals surface area contributed by atoms with Crippen LogP contribution in [0.15, 0.2) is 40.6 Å². The average molecular weight is 391 g/mol. The van der Waals surface area contributed by atoms with Crippen LogP contribution in [0, 0.1) is 6.92 Å². The molecule has 23 heavy (non-hydrogen) atoms. The number of amides is 1. The summed E-state index contributed by atoms with van der Waals surface area (Å²) < 4.78 is 2.63. The summed E-state index contributed by atoms with van der Waals surface area (Å²) in [6.07, 6.45) is 3.59. The van der Waals surface area contributed by atoms with E-state index in [2.05, 4.69) is 26.3 Å². The Hall–Kier alpha value is -1.99. The third-order valence-corrected chi connectivity index (χ3v) is 4.38. The van der Waals surface area contributed by atoms with E-state index in [-0.39, 0.29) is 5.91 Å². The highest BCUT2D eigenvalue weighted by Crippen LogP contribution is 2.24. The standard InChI is InChI=1S/C16H15BrN4OS/c1-3-20-9-12(17)13(19-20)8-14-15(22)21(16(23)18-14)11-6-4-5-10(2)7-11/h4-9H,3H2,1-2H3,(H,18,23)/b14-8+.